The zero-order chi connectivity index (χ0) is 12.3. The van der Waals surface area contributed by atoms with E-state index in [9.17, 15) is 4.39 Å². The Labute approximate surface area is 95.7 Å². The van der Waals surface area contributed by atoms with E-state index in [1.165, 1.54) is 21.0 Å². The summed E-state index contributed by atoms with van der Waals surface area (Å²) in [6.45, 7) is 4.86. The average Bonchev–Trinajstić information content (AvgIpc) is 2.19. The summed E-state index contributed by atoms with van der Waals surface area (Å²) in [5, 5.41) is 8.76. The number of alkyl halides is 1. The van der Waals surface area contributed by atoms with E-state index in [-0.39, 0.29) is 6.42 Å². The van der Waals surface area contributed by atoms with Crippen LogP contribution in [-0.4, -0.2) is 7.11 Å². The van der Waals surface area contributed by atoms with Crippen molar-refractivity contribution in [2.24, 2.45) is 0 Å². The predicted octanol–water partition coefficient (Wildman–Crippen LogP) is 3.27. The largest absolute Gasteiger partial charge is 0.496 e. The molecule has 0 atom stereocenters. The molecule has 0 N–H and O–H groups in total. The first-order valence-corrected chi connectivity index (χ1v) is 5.14. The number of nitrogens with zero attached hydrogens (tertiary/aromatic N) is 1. The normalized spacial score (nSPS) is 11.0. The van der Waals surface area contributed by atoms with E-state index in [1.54, 1.807) is 6.07 Å². The fraction of sp³-hybridized carbons (Fsp3) is 0.462. The molecule has 0 aromatic heterocycles. The Morgan fingerprint density at radius 1 is 1.44 bits per heavy atom. The summed E-state index contributed by atoms with van der Waals surface area (Å²) in [6, 6.07) is 5.62. The summed E-state index contributed by atoms with van der Waals surface area (Å²) in [5.74, 6) is 0.494. The zero-order valence-electron chi connectivity index (χ0n) is 10.1. The highest BCUT2D eigenvalue weighted by Gasteiger charge is 2.25. The molecule has 0 spiro atoms. The number of hydrogen-bond donors (Lipinski definition) is 0. The number of aryl methyl sites for hydroxylation is 1. The molecule has 1 rings (SSSR count). The van der Waals surface area contributed by atoms with Gasteiger partial charge in [0.1, 0.15) is 11.4 Å². The zero-order valence-corrected chi connectivity index (χ0v) is 10.1. The van der Waals surface area contributed by atoms with Crippen LogP contribution in [0.3, 0.4) is 0 Å². The molecule has 1 aromatic rings. The molecule has 2 nitrogen and oxygen atoms in total. The third-order valence-corrected chi connectivity index (χ3v) is 2.60. The third kappa shape index (κ3) is 2.33. The highest BCUT2D eigenvalue weighted by atomic mass is 19.1. The lowest BCUT2D eigenvalue weighted by Crippen LogP contribution is -2.12. The van der Waals surface area contributed by atoms with Crippen LogP contribution < -0.4 is 4.74 Å². The number of ether oxygens (including phenoxy) is 1. The molecule has 0 radical (unpaired) electrons. The molecule has 1 aromatic carbocycles. The maximum Gasteiger partial charge on any atom is 0.134 e. The topological polar surface area (TPSA) is 33.0 Å². The summed E-state index contributed by atoms with van der Waals surface area (Å²) >= 11 is 0. The molecule has 0 aliphatic carbocycles. The Balaban J connectivity index is 3.44. The highest BCUT2D eigenvalue weighted by molar-refractivity contribution is 5.49. The van der Waals surface area contributed by atoms with Crippen LogP contribution in [0.5, 0.6) is 5.75 Å². The molecular formula is C13H16FNO. The summed E-state index contributed by atoms with van der Waals surface area (Å²) in [7, 11) is 1.50. The number of methoxy groups -OCH3 is 1. The Hall–Kier alpha value is -1.56. The first-order valence-electron chi connectivity index (χ1n) is 5.14. The fourth-order valence-corrected chi connectivity index (χ4v) is 1.73. The van der Waals surface area contributed by atoms with Gasteiger partial charge in [-0.3, -0.25) is 0 Å². The van der Waals surface area contributed by atoms with Crippen LogP contribution in [0.25, 0.3) is 0 Å². The maximum atomic E-state index is 14.0. The Kier molecular flexibility index (Phi) is 3.54. The van der Waals surface area contributed by atoms with Gasteiger partial charge in [0.15, 0.2) is 0 Å². The molecule has 0 unspecified atom stereocenters. The van der Waals surface area contributed by atoms with Crippen molar-refractivity contribution < 1.29 is 9.13 Å². The molecule has 0 aliphatic heterocycles. The molecule has 0 heterocycles. The van der Waals surface area contributed by atoms with E-state index in [2.05, 4.69) is 6.07 Å². The minimum absolute atomic E-state index is 0.235. The molecule has 0 saturated carbocycles. The van der Waals surface area contributed by atoms with Crippen LogP contribution in [0, 0.1) is 18.3 Å². The summed E-state index contributed by atoms with van der Waals surface area (Å²) in [6.07, 6.45) is 0.235. The van der Waals surface area contributed by atoms with Gasteiger partial charge in [-0.1, -0.05) is 12.1 Å². The summed E-state index contributed by atoms with van der Waals surface area (Å²) in [5.41, 5.74) is 0.744. The van der Waals surface area contributed by atoms with Crippen molar-refractivity contribution in [3.8, 4) is 11.8 Å². The SMILES string of the molecule is COc1c(C(C)(C)F)ccc(C)c1CC#N. The van der Waals surface area contributed by atoms with Gasteiger partial charge in [0.2, 0.25) is 0 Å². The van der Waals surface area contributed by atoms with Gasteiger partial charge in [0, 0.05) is 11.1 Å². The third-order valence-electron chi connectivity index (χ3n) is 2.60. The van der Waals surface area contributed by atoms with E-state index in [1.807, 2.05) is 13.0 Å². The first kappa shape index (κ1) is 12.5. The predicted molar refractivity (Wildman–Crippen MR) is 61.2 cm³/mol. The lowest BCUT2D eigenvalue weighted by Gasteiger charge is -2.21. The first-order chi connectivity index (χ1) is 7.41. The fourth-order valence-electron chi connectivity index (χ4n) is 1.73. The second-order valence-electron chi connectivity index (χ2n) is 4.25. The Morgan fingerprint density at radius 2 is 2.06 bits per heavy atom. The number of nitriles is 1. The van der Waals surface area contributed by atoms with Crippen LogP contribution in [0.15, 0.2) is 12.1 Å². The van der Waals surface area contributed by atoms with Gasteiger partial charge >= 0.3 is 0 Å². The lowest BCUT2D eigenvalue weighted by atomic mass is 9.93. The summed E-state index contributed by atoms with van der Waals surface area (Å²) in [4.78, 5) is 0. The van der Waals surface area contributed by atoms with Gasteiger partial charge in [0.25, 0.3) is 0 Å². The van der Waals surface area contributed by atoms with Gasteiger partial charge in [-0.15, -0.1) is 0 Å². The van der Waals surface area contributed by atoms with Crippen LogP contribution in [0.4, 0.5) is 4.39 Å². The molecular weight excluding hydrogens is 205 g/mol. The monoisotopic (exact) mass is 221 g/mol. The molecule has 0 bridgehead atoms. The average molecular weight is 221 g/mol. The van der Waals surface area contributed by atoms with Gasteiger partial charge in [0.05, 0.1) is 19.6 Å². The van der Waals surface area contributed by atoms with E-state index >= 15 is 0 Å². The van der Waals surface area contributed by atoms with Crippen molar-refractivity contribution in [2.45, 2.75) is 32.9 Å². The molecule has 3 heteroatoms. The highest BCUT2D eigenvalue weighted by Crippen LogP contribution is 2.36. The number of rotatable bonds is 3. The van der Waals surface area contributed by atoms with Crippen molar-refractivity contribution in [3.05, 3.63) is 28.8 Å². The minimum Gasteiger partial charge on any atom is -0.496 e. The minimum atomic E-state index is -1.47. The van der Waals surface area contributed by atoms with E-state index < -0.39 is 5.67 Å². The number of hydrogen-bond acceptors (Lipinski definition) is 2. The van der Waals surface area contributed by atoms with Crippen molar-refractivity contribution in [1.82, 2.24) is 0 Å². The molecule has 0 saturated heterocycles. The van der Waals surface area contributed by atoms with Gasteiger partial charge in [-0.25, -0.2) is 4.39 Å². The molecule has 86 valence electrons. The quantitative estimate of drug-likeness (QED) is 0.784. The van der Waals surface area contributed by atoms with Gasteiger partial charge in [-0.2, -0.15) is 5.26 Å². The second kappa shape index (κ2) is 4.52. The second-order valence-corrected chi connectivity index (χ2v) is 4.25. The van der Waals surface area contributed by atoms with Crippen molar-refractivity contribution >= 4 is 0 Å². The standard InChI is InChI=1S/C13H16FNO/c1-9-5-6-11(13(2,3)14)12(16-4)10(9)7-8-15/h5-6H,7H2,1-4H3. The van der Waals surface area contributed by atoms with Crippen LogP contribution in [0.2, 0.25) is 0 Å². The molecule has 16 heavy (non-hydrogen) atoms. The van der Waals surface area contributed by atoms with Crippen LogP contribution >= 0.6 is 0 Å². The van der Waals surface area contributed by atoms with E-state index in [4.69, 9.17) is 10.00 Å². The van der Waals surface area contributed by atoms with Crippen molar-refractivity contribution in [2.75, 3.05) is 7.11 Å². The van der Waals surface area contributed by atoms with E-state index in [0.29, 0.717) is 11.3 Å². The lowest BCUT2D eigenvalue weighted by molar-refractivity contribution is 0.213. The van der Waals surface area contributed by atoms with Gasteiger partial charge in [-0.05, 0) is 26.3 Å². The number of halogens is 1. The number of benzene rings is 1. The van der Waals surface area contributed by atoms with E-state index in [0.717, 1.165) is 11.1 Å². The molecule has 0 fully saturated rings. The Bertz CT molecular complexity index is 427. The van der Waals surface area contributed by atoms with Crippen molar-refractivity contribution in [3.63, 3.8) is 0 Å². The van der Waals surface area contributed by atoms with Gasteiger partial charge < -0.3 is 4.74 Å². The molecule has 0 amide bonds. The van der Waals surface area contributed by atoms with Crippen LogP contribution in [0.1, 0.15) is 30.5 Å². The smallest absolute Gasteiger partial charge is 0.134 e. The van der Waals surface area contributed by atoms with Crippen molar-refractivity contribution in [1.29, 1.82) is 5.26 Å². The maximum absolute atomic E-state index is 14.0. The Morgan fingerprint density at radius 3 is 2.50 bits per heavy atom. The van der Waals surface area contributed by atoms with Crippen LogP contribution in [-0.2, 0) is 12.1 Å². The summed E-state index contributed by atoms with van der Waals surface area (Å²) < 4.78 is 19.2. The molecule has 0 aliphatic rings.